The minimum absolute atomic E-state index is 0.0539. The summed E-state index contributed by atoms with van der Waals surface area (Å²) in [5, 5.41) is 0. The molecule has 14 nitrogen and oxygen atoms in total. The maximum atomic E-state index is 13.3. The number of hydrogen-bond donors (Lipinski definition) is 0. The molecule has 0 heterocycles. The standard InChI is InChI=1S/C58H94O14/c1-8-13-26-52(59)66-39-32-46-47(33-40-67-53(60)27-14-9-2)49(35-42-69-55(62)29-16-11-4)51(37-44-71-57(64)31-24-22-20-18-19-21-23-25-38-72-58(65)45(6)7)50(36-43-70-56(63)30-17-12-5)48(46)34-41-68-54(61)28-15-10-3/h6,8-44H2,1-5,7H3. The van der Waals surface area contributed by atoms with Gasteiger partial charge in [-0.25, -0.2) is 4.79 Å². The van der Waals surface area contributed by atoms with E-state index in [1.54, 1.807) is 6.92 Å². The molecule has 0 aromatic heterocycles. The summed E-state index contributed by atoms with van der Waals surface area (Å²) in [6, 6.07) is 0. The Kier molecular flexibility index (Phi) is 38.7. The van der Waals surface area contributed by atoms with Crippen molar-refractivity contribution >= 4 is 41.8 Å². The largest absolute Gasteiger partial charge is 0.465 e. The van der Waals surface area contributed by atoms with E-state index < -0.39 is 0 Å². The zero-order valence-electron chi connectivity index (χ0n) is 45.6. The molecule has 0 saturated heterocycles. The topological polar surface area (TPSA) is 184 Å². The Hall–Kier alpha value is -4.75. The van der Waals surface area contributed by atoms with Crippen molar-refractivity contribution < 1.29 is 66.7 Å². The summed E-state index contributed by atoms with van der Waals surface area (Å²) >= 11 is 0. The minimum Gasteiger partial charge on any atom is -0.465 e. The number of hydrogen-bond acceptors (Lipinski definition) is 14. The number of rotatable bonds is 45. The Morgan fingerprint density at radius 2 is 0.500 bits per heavy atom. The molecule has 0 radical (unpaired) electrons. The average Bonchev–Trinajstić information content (AvgIpc) is 3.36. The lowest BCUT2D eigenvalue weighted by Gasteiger charge is -2.28. The quantitative estimate of drug-likeness (QED) is 0.0260. The van der Waals surface area contributed by atoms with Gasteiger partial charge < -0.3 is 33.2 Å². The fourth-order valence-electron chi connectivity index (χ4n) is 8.26. The molecule has 0 saturated carbocycles. The summed E-state index contributed by atoms with van der Waals surface area (Å²) in [5.74, 6) is -2.20. The third-order valence-electron chi connectivity index (χ3n) is 12.4. The Morgan fingerprint density at radius 1 is 0.292 bits per heavy atom. The van der Waals surface area contributed by atoms with Crippen molar-refractivity contribution in [3.63, 3.8) is 0 Å². The van der Waals surface area contributed by atoms with Gasteiger partial charge in [-0.2, -0.15) is 0 Å². The zero-order chi connectivity index (χ0) is 53.2. The zero-order valence-corrected chi connectivity index (χ0v) is 45.6. The Balaban J connectivity index is 3.72. The first kappa shape index (κ1) is 65.3. The third kappa shape index (κ3) is 31.0. The Morgan fingerprint density at radius 3 is 0.722 bits per heavy atom. The van der Waals surface area contributed by atoms with Gasteiger partial charge in [-0.3, -0.25) is 28.8 Å². The predicted molar refractivity (Wildman–Crippen MR) is 279 cm³/mol. The van der Waals surface area contributed by atoms with Crippen LogP contribution in [0.1, 0.15) is 229 Å². The van der Waals surface area contributed by atoms with Crippen molar-refractivity contribution in [3.05, 3.63) is 45.5 Å². The second-order valence-electron chi connectivity index (χ2n) is 18.7. The lowest BCUT2D eigenvalue weighted by atomic mass is 9.80. The number of ether oxygens (including phenoxy) is 7. The van der Waals surface area contributed by atoms with Crippen LogP contribution in [-0.4, -0.2) is 88.0 Å². The van der Waals surface area contributed by atoms with Gasteiger partial charge >= 0.3 is 41.8 Å². The van der Waals surface area contributed by atoms with E-state index in [2.05, 4.69) is 6.58 Å². The van der Waals surface area contributed by atoms with Crippen molar-refractivity contribution in [2.75, 3.05) is 46.2 Å². The predicted octanol–water partition coefficient (Wildman–Crippen LogP) is 11.8. The summed E-state index contributed by atoms with van der Waals surface area (Å²) in [6.07, 6.45) is 18.7. The molecule has 72 heavy (non-hydrogen) atoms. The molecule has 0 amide bonds. The first-order valence-electron chi connectivity index (χ1n) is 27.8. The maximum absolute atomic E-state index is 13.3. The van der Waals surface area contributed by atoms with Gasteiger partial charge in [0.1, 0.15) is 0 Å². The lowest BCUT2D eigenvalue weighted by Crippen LogP contribution is -2.22. The van der Waals surface area contributed by atoms with Crippen LogP contribution >= 0.6 is 0 Å². The monoisotopic (exact) mass is 1010 g/mol. The first-order chi connectivity index (χ1) is 34.8. The van der Waals surface area contributed by atoms with Crippen molar-refractivity contribution in [2.24, 2.45) is 0 Å². The van der Waals surface area contributed by atoms with Gasteiger partial charge in [0.25, 0.3) is 0 Å². The fourth-order valence-corrected chi connectivity index (χ4v) is 8.26. The van der Waals surface area contributed by atoms with Gasteiger partial charge in [-0.15, -0.1) is 0 Å². The van der Waals surface area contributed by atoms with E-state index in [0.29, 0.717) is 82.8 Å². The molecule has 0 aliphatic rings. The highest BCUT2D eigenvalue weighted by Crippen LogP contribution is 2.33. The highest BCUT2D eigenvalue weighted by atomic mass is 16.6. The van der Waals surface area contributed by atoms with Crippen molar-refractivity contribution in [1.82, 2.24) is 0 Å². The number of esters is 7. The molecule has 1 aromatic carbocycles. The van der Waals surface area contributed by atoms with E-state index in [0.717, 1.165) is 110 Å². The van der Waals surface area contributed by atoms with Crippen LogP contribution in [0.25, 0.3) is 0 Å². The van der Waals surface area contributed by atoms with Crippen LogP contribution in [0.2, 0.25) is 0 Å². The highest BCUT2D eigenvalue weighted by Gasteiger charge is 2.26. The number of carbonyl (C=O) groups excluding carboxylic acids is 7. The van der Waals surface area contributed by atoms with Crippen LogP contribution in [0, 0.1) is 0 Å². The molecule has 1 rings (SSSR count). The normalized spacial score (nSPS) is 10.9. The molecule has 0 aliphatic heterocycles. The van der Waals surface area contributed by atoms with Gasteiger partial charge in [0.05, 0.1) is 46.2 Å². The SMILES string of the molecule is C=C(C)C(=O)OCCCCCCCCCCC(=O)OCCc1c(CCOC(=O)CCCC)c(CCOC(=O)CCCC)c(CCOC(=O)CCCC)c(CCOC(=O)CCCC)c1CCOC(=O)CCCC. The van der Waals surface area contributed by atoms with Crippen LogP contribution < -0.4 is 0 Å². The first-order valence-corrected chi connectivity index (χ1v) is 27.8. The van der Waals surface area contributed by atoms with Gasteiger partial charge in [0.15, 0.2) is 0 Å². The molecular weight excluding hydrogens is 921 g/mol. The van der Waals surface area contributed by atoms with Crippen molar-refractivity contribution in [3.8, 4) is 0 Å². The molecule has 0 unspecified atom stereocenters. The molecule has 410 valence electrons. The van der Waals surface area contributed by atoms with E-state index in [-0.39, 0.29) is 126 Å². The lowest BCUT2D eigenvalue weighted by molar-refractivity contribution is -0.144. The molecule has 1 aromatic rings. The summed E-state index contributed by atoms with van der Waals surface area (Å²) in [7, 11) is 0. The van der Waals surface area contributed by atoms with Gasteiger partial charge in [0, 0.05) is 82.6 Å². The van der Waals surface area contributed by atoms with E-state index >= 15 is 0 Å². The van der Waals surface area contributed by atoms with Gasteiger partial charge in [-0.05, 0) is 85.3 Å². The van der Waals surface area contributed by atoms with Crippen LogP contribution in [0.5, 0.6) is 0 Å². The Bertz CT molecular complexity index is 1670. The highest BCUT2D eigenvalue weighted by molar-refractivity contribution is 5.86. The second kappa shape index (κ2) is 42.7. The number of carbonyl (C=O) groups is 7. The average molecular weight is 1020 g/mol. The second-order valence-corrected chi connectivity index (χ2v) is 18.7. The molecule has 0 N–H and O–H groups in total. The number of benzene rings is 1. The van der Waals surface area contributed by atoms with Crippen molar-refractivity contribution in [1.29, 1.82) is 0 Å². The molecular formula is C58H94O14. The molecule has 0 spiro atoms. The van der Waals surface area contributed by atoms with E-state index in [1.165, 1.54) is 0 Å². The maximum Gasteiger partial charge on any atom is 0.333 e. The molecule has 0 fully saturated rings. The summed E-state index contributed by atoms with van der Waals surface area (Å²) in [4.78, 5) is 89.2. The summed E-state index contributed by atoms with van der Waals surface area (Å²) in [5.41, 5.74) is 5.46. The smallest absolute Gasteiger partial charge is 0.333 e. The molecule has 14 heteroatoms. The van der Waals surface area contributed by atoms with E-state index in [1.807, 2.05) is 34.6 Å². The van der Waals surface area contributed by atoms with Crippen LogP contribution in [-0.2, 0) is 105 Å². The van der Waals surface area contributed by atoms with Gasteiger partial charge in [-0.1, -0.05) is 112 Å². The molecule has 0 atom stereocenters. The Labute approximate surface area is 433 Å². The minimum atomic E-state index is -0.354. The molecule has 0 bridgehead atoms. The molecule has 0 aliphatic carbocycles. The van der Waals surface area contributed by atoms with Crippen LogP contribution in [0.4, 0.5) is 0 Å². The third-order valence-corrected chi connectivity index (χ3v) is 12.4. The van der Waals surface area contributed by atoms with Crippen molar-refractivity contribution in [2.45, 2.75) is 234 Å². The summed E-state index contributed by atoms with van der Waals surface area (Å²) in [6.45, 7) is 16.1. The van der Waals surface area contributed by atoms with Crippen LogP contribution in [0.15, 0.2) is 12.2 Å². The number of unbranched alkanes of at least 4 members (excludes halogenated alkanes) is 12. The summed E-state index contributed by atoms with van der Waals surface area (Å²) < 4.78 is 40.1. The fraction of sp³-hybridized carbons (Fsp3) is 0.741. The van der Waals surface area contributed by atoms with Crippen LogP contribution in [0.3, 0.4) is 0 Å². The van der Waals surface area contributed by atoms with E-state index in [9.17, 15) is 33.6 Å². The van der Waals surface area contributed by atoms with Gasteiger partial charge in [0.2, 0.25) is 0 Å². The van der Waals surface area contributed by atoms with E-state index in [4.69, 9.17) is 33.2 Å².